The fraction of sp³-hybridized carbons (Fsp3) is 0.444. The first-order chi connectivity index (χ1) is 6.58. The Bertz CT molecular complexity index is 317. The third-order valence-electron chi connectivity index (χ3n) is 1.64. The zero-order chi connectivity index (χ0) is 10.6. The summed E-state index contributed by atoms with van der Waals surface area (Å²) in [6.45, 7) is 4.23. The highest BCUT2D eigenvalue weighted by molar-refractivity contribution is 5.74. The zero-order valence-corrected chi connectivity index (χ0v) is 8.37. The molecule has 0 aliphatic heterocycles. The van der Waals surface area contributed by atoms with Crippen LogP contribution in [-0.4, -0.2) is 22.4 Å². The number of nitrogens with zero attached hydrogens (tertiary/aromatic N) is 2. The van der Waals surface area contributed by atoms with Crippen molar-refractivity contribution < 1.29 is 4.79 Å². The second-order valence-electron chi connectivity index (χ2n) is 3.08. The normalized spacial score (nSPS) is 9.86. The molecule has 0 aromatic carbocycles. The Morgan fingerprint density at radius 1 is 1.50 bits per heavy atom. The van der Waals surface area contributed by atoms with E-state index in [4.69, 9.17) is 5.73 Å². The molecule has 1 heterocycles. The minimum Gasteiger partial charge on any atom is -0.370 e. The summed E-state index contributed by atoms with van der Waals surface area (Å²) in [6, 6.07) is 1.83. The van der Waals surface area contributed by atoms with Crippen LogP contribution in [0.15, 0.2) is 6.07 Å². The summed E-state index contributed by atoms with van der Waals surface area (Å²) >= 11 is 0. The standard InChI is InChI=1S/C9H14N4O/c1-6-5-9(13-7(2)12-6)11-4-3-8(10)14/h5H,3-4H2,1-2H3,(H2,10,14)(H,11,12,13). The van der Waals surface area contributed by atoms with E-state index in [1.165, 1.54) is 0 Å². The van der Waals surface area contributed by atoms with Crippen LogP contribution in [0, 0.1) is 13.8 Å². The van der Waals surface area contributed by atoms with Gasteiger partial charge >= 0.3 is 0 Å². The Morgan fingerprint density at radius 3 is 2.79 bits per heavy atom. The second kappa shape index (κ2) is 4.55. The number of hydrogen-bond donors (Lipinski definition) is 2. The second-order valence-corrected chi connectivity index (χ2v) is 3.08. The largest absolute Gasteiger partial charge is 0.370 e. The van der Waals surface area contributed by atoms with Gasteiger partial charge in [-0.2, -0.15) is 0 Å². The first kappa shape index (κ1) is 10.4. The lowest BCUT2D eigenvalue weighted by Crippen LogP contribution is -2.16. The van der Waals surface area contributed by atoms with Gasteiger partial charge < -0.3 is 11.1 Å². The molecule has 0 bridgehead atoms. The number of nitrogens with one attached hydrogen (secondary N) is 1. The van der Waals surface area contributed by atoms with E-state index in [2.05, 4.69) is 15.3 Å². The molecule has 5 nitrogen and oxygen atoms in total. The molecular formula is C9H14N4O. The van der Waals surface area contributed by atoms with Crippen LogP contribution in [0.25, 0.3) is 0 Å². The van der Waals surface area contributed by atoms with Crippen molar-refractivity contribution in [3.8, 4) is 0 Å². The molecule has 1 amide bonds. The highest BCUT2D eigenvalue weighted by Crippen LogP contribution is 2.04. The number of primary amides is 1. The molecule has 0 atom stereocenters. The zero-order valence-electron chi connectivity index (χ0n) is 8.37. The quantitative estimate of drug-likeness (QED) is 0.726. The summed E-state index contributed by atoms with van der Waals surface area (Å²) in [6.07, 6.45) is 0.308. The topological polar surface area (TPSA) is 80.9 Å². The third kappa shape index (κ3) is 3.38. The molecular weight excluding hydrogens is 180 g/mol. The van der Waals surface area contributed by atoms with E-state index >= 15 is 0 Å². The minimum atomic E-state index is -0.319. The summed E-state index contributed by atoms with van der Waals surface area (Å²) in [7, 11) is 0. The smallest absolute Gasteiger partial charge is 0.219 e. The lowest BCUT2D eigenvalue weighted by atomic mass is 10.4. The number of rotatable bonds is 4. The molecule has 14 heavy (non-hydrogen) atoms. The number of carbonyl (C=O) groups excluding carboxylic acids is 1. The van der Waals surface area contributed by atoms with Crippen LogP contribution in [0.5, 0.6) is 0 Å². The Labute approximate surface area is 82.7 Å². The van der Waals surface area contributed by atoms with Crippen LogP contribution in [0.1, 0.15) is 17.9 Å². The highest BCUT2D eigenvalue weighted by Gasteiger charge is 1.98. The third-order valence-corrected chi connectivity index (χ3v) is 1.64. The molecule has 0 aliphatic rings. The van der Waals surface area contributed by atoms with Gasteiger partial charge in [-0.25, -0.2) is 9.97 Å². The molecule has 76 valence electrons. The van der Waals surface area contributed by atoms with Crippen LogP contribution in [0.4, 0.5) is 5.82 Å². The van der Waals surface area contributed by atoms with Crippen LogP contribution in [-0.2, 0) is 4.79 Å². The van der Waals surface area contributed by atoms with Crippen LogP contribution in [0.2, 0.25) is 0 Å². The van der Waals surface area contributed by atoms with E-state index in [1.807, 2.05) is 19.9 Å². The average molecular weight is 194 g/mol. The van der Waals surface area contributed by atoms with Gasteiger partial charge in [0.2, 0.25) is 5.91 Å². The highest BCUT2D eigenvalue weighted by atomic mass is 16.1. The van der Waals surface area contributed by atoms with Gasteiger partial charge in [-0.1, -0.05) is 0 Å². The molecule has 0 saturated carbocycles. The van der Waals surface area contributed by atoms with Gasteiger partial charge in [0.25, 0.3) is 0 Å². The predicted octanol–water partition coefficient (Wildman–Crippen LogP) is 0.381. The van der Waals surface area contributed by atoms with E-state index in [1.54, 1.807) is 0 Å². The summed E-state index contributed by atoms with van der Waals surface area (Å²) in [5.74, 6) is 1.13. The van der Waals surface area contributed by atoms with Gasteiger partial charge in [-0.3, -0.25) is 4.79 Å². The lowest BCUT2D eigenvalue weighted by Gasteiger charge is -2.05. The fourth-order valence-corrected chi connectivity index (χ4v) is 1.12. The molecule has 0 spiro atoms. The van der Waals surface area contributed by atoms with Crippen molar-refractivity contribution >= 4 is 11.7 Å². The molecule has 1 aromatic heterocycles. The van der Waals surface area contributed by atoms with Gasteiger partial charge in [-0.15, -0.1) is 0 Å². The molecule has 1 rings (SSSR count). The van der Waals surface area contributed by atoms with Crippen molar-refractivity contribution in [2.24, 2.45) is 5.73 Å². The number of anilines is 1. The summed E-state index contributed by atoms with van der Waals surface area (Å²) in [5, 5.41) is 3.01. The number of carbonyl (C=O) groups is 1. The molecule has 5 heteroatoms. The van der Waals surface area contributed by atoms with E-state index in [0.717, 1.165) is 11.5 Å². The monoisotopic (exact) mass is 194 g/mol. The molecule has 1 aromatic rings. The first-order valence-electron chi connectivity index (χ1n) is 4.42. The Kier molecular flexibility index (Phi) is 3.39. The van der Waals surface area contributed by atoms with Gasteiger partial charge in [-0.05, 0) is 13.8 Å². The van der Waals surface area contributed by atoms with Crippen molar-refractivity contribution in [2.75, 3.05) is 11.9 Å². The fourth-order valence-electron chi connectivity index (χ4n) is 1.12. The number of aryl methyl sites for hydroxylation is 2. The van der Waals surface area contributed by atoms with Gasteiger partial charge in [0, 0.05) is 24.7 Å². The van der Waals surface area contributed by atoms with Crippen molar-refractivity contribution in [1.82, 2.24) is 9.97 Å². The van der Waals surface area contributed by atoms with Crippen molar-refractivity contribution in [1.29, 1.82) is 0 Å². The van der Waals surface area contributed by atoms with Gasteiger partial charge in [0.15, 0.2) is 0 Å². The number of hydrogen-bond acceptors (Lipinski definition) is 4. The number of amides is 1. The van der Waals surface area contributed by atoms with Crippen molar-refractivity contribution in [3.63, 3.8) is 0 Å². The van der Waals surface area contributed by atoms with Crippen molar-refractivity contribution in [2.45, 2.75) is 20.3 Å². The molecule has 3 N–H and O–H groups in total. The summed E-state index contributed by atoms with van der Waals surface area (Å²) in [4.78, 5) is 18.8. The molecule has 0 saturated heterocycles. The number of nitrogens with two attached hydrogens (primary N) is 1. The maximum atomic E-state index is 10.5. The lowest BCUT2D eigenvalue weighted by molar-refractivity contribution is -0.117. The SMILES string of the molecule is Cc1cc(NCCC(N)=O)nc(C)n1. The number of aromatic nitrogens is 2. The van der Waals surface area contributed by atoms with E-state index in [-0.39, 0.29) is 5.91 Å². The molecule has 0 unspecified atom stereocenters. The van der Waals surface area contributed by atoms with Crippen molar-refractivity contribution in [3.05, 3.63) is 17.6 Å². The maximum Gasteiger partial charge on any atom is 0.219 e. The average Bonchev–Trinajstić information content (AvgIpc) is 2.01. The molecule has 0 fully saturated rings. The first-order valence-corrected chi connectivity index (χ1v) is 4.42. The Balaban J connectivity index is 2.54. The van der Waals surface area contributed by atoms with Crippen LogP contribution < -0.4 is 11.1 Å². The predicted molar refractivity (Wildman–Crippen MR) is 53.8 cm³/mol. The van der Waals surface area contributed by atoms with Crippen LogP contribution in [0.3, 0.4) is 0 Å². The Morgan fingerprint density at radius 2 is 2.21 bits per heavy atom. The van der Waals surface area contributed by atoms with E-state index < -0.39 is 0 Å². The van der Waals surface area contributed by atoms with E-state index in [9.17, 15) is 4.79 Å². The molecule has 0 aliphatic carbocycles. The van der Waals surface area contributed by atoms with Crippen LogP contribution >= 0.6 is 0 Å². The van der Waals surface area contributed by atoms with Gasteiger partial charge in [0.1, 0.15) is 11.6 Å². The maximum absolute atomic E-state index is 10.5. The minimum absolute atomic E-state index is 0.308. The molecule has 0 radical (unpaired) electrons. The summed E-state index contributed by atoms with van der Waals surface area (Å²) in [5.41, 5.74) is 5.91. The summed E-state index contributed by atoms with van der Waals surface area (Å²) < 4.78 is 0. The van der Waals surface area contributed by atoms with Gasteiger partial charge in [0.05, 0.1) is 0 Å². The van der Waals surface area contributed by atoms with E-state index in [0.29, 0.717) is 18.8 Å². The Hall–Kier alpha value is -1.65.